The quantitative estimate of drug-likeness (QED) is 0.873. The Kier molecular flexibility index (Phi) is 4.15. The van der Waals surface area contributed by atoms with Gasteiger partial charge in [0.25, 0.3) is 5.91 Å². The van der Waals surface area contributed by atoms with E-state index < -0.39 is 0 Å². The average molecular weight is 249 g/mol. The number of hydrogen-bond donors (Lipinski definition) is 1. The summed E-state index contributed by atoms with van der Waals surface area (Å²) in [5.74, 6) is 0.705. The van der Waals surface area contributed by atoms with Gasteiger partial charge in [-0.2, -0.15) is 0 Å². The summed E-state index contributed by atoms with van der Waals surface area (Å²) in [6, 6.07) is 5.10. The fraction of sp³-hybridized carbons (Fsp3) is 0.538. The third-order valence-corrected chi connectivity index (χ3v) is 3.12. The van der Waals surface area contributed by atoms with Crippen LogP contribution in [0.1, 0.15) is 23.3 Å². The molecule has 1 atom stereocenters. The van der Waals surface area contributed by atoms with Gasteiger partial charge in [-0.05, 0) is 30.9 Å². The summed E-state index contributed by atoms with van der Waals surface area (Å²) in [4.78, 5) is 17.9. The summed E-state index contributed by atoms with van der Waals surface area (Å²) >= 11 is 0. The number of carbonyl (C=O) groups excluding carboxylic acids is 1. The molecule has 1 unspecified atom stereocenters. The molecule has 0 aliphatic carbocycles. The highest BCUT2D eigenvalue weighted by Crippen LogP contribution is 2.15. The number of amides is 1. The van der Waals surface area contributed by atoms with Crippen molar-refractivity contribution in [1.82, 2.24) is 9.88 Å². The second kappa shape index (κ2) is 5.82. The fourth-order valence-electron chi connectivity index (χ4n) is 2.19. The molecule has 2 N–H and O–H groups in total. The lowest BCUT2D eigenvalue weighted by Gasteiger charge is -2.27. The van der Waals surface area contributed by atoms with E-state index in [1.807, 2.05) is 0 Å². The Morgan fingerprint density at radius 1 is 1.61 bits per heavy atom. The van der Waals surface area contributed by atoms with E-state index in [-0.39, 0.29) is 5.91 Å². The first-order chi connectivity index (χ1) is 8.66. The van der Waals surface area contributed by atoms with Crippen LogP contribution in [0.5, 0.6) is 0 Å². The molecule has 0 radical (unpaired) electrons. The van der Waals surface area contributed by atoms with E-state index in [1.54, 1.807) is 30.1 Å². The average Bonchev–Trinajstić information content (AvgIpc) is 2.39. The van der Waals surface area contributed by atoms with Crippen LogP contribution in [-0.4, -0.2) is 42.6 Å². The second-order valence-corrected chi connectivity index (χ2v) is 4.72. The van der Waals surface area contributed by atoms with Gasteiger partial charge in [0, 0.05) is 20.2 Å². The standard InChI is InChI=1S/C13H19N3O2/c1-16(8-10-4-3-7-18-9-10)13(17)11-5-2-6-12(14)15-11/h2,5-6,10H,3-4,7-9H2,1H3,(H2,14,15). The number of carbonyl (C=O) groups is 1. The number of nitrogens with zero attached hydrogens (tertiary/aromatic N) is 2. The molecule has 5 nitrogen and oxygen atoms in total. The van der Waals surface area contributed by atoms with Crippen molar-refractivity contribution in [2.45, 2.75) is 12.8 Å². The van der Waals surface area contributed by atoms with Gasteiger partial charge < -0.3 is 15.4 Å². The summed E-state index contributed by atoms with van der Waals surface area (Å²) in [7, 11) is 1.79. The molecule has 0 spiro atoms. The smallest absolute Gasteiger partial charge is 0.272 e. The van der Waals surface area contributed by atoms with Crippen molar-refractivity contribution in [2.24, 2.45) is 5.92 Å². The van der Waals surface area contributed by atoms with Crippen LogP contribution in [0.2, 0.25) is 0 Å². The summed E-state index contributed by atoms with van der Waals surface area (Å²) in [5.41, 5.74) is 5.98. The zero-order valence-electron chi connectivity index (χ0n) is 10.6. The SMILES string of the molecule is CN(CC1CCCOC1)C(=O)c1cccc(N)n1. The molecule has 0 bridgehead atoms. The predicted molar refractivity (Wildman–Crippen MR) is 69.2 cm³/mol. The lowest BCUT2D eigenvalue weighted by Crippen LogP contribution is -2.35. The van der Waals surface area contributed by atoms with Crippen molar-refractivity contribution in [2.75, 3.05) is 32.5 Å². The number of hydrogen-bond acceptors (Lipinski definition) is 4. The summed E-state index contributed by atoms with van der Waals surface area (Å²) in [6.45, 7) is 2.28. The molecule has 0 saturated carbocycles. The lowest BCUT2D eigenvalue weighted by molar-refractivity contribution is 0.0387. The Morgan fingerprint density at radius 3 is 3.11 bits per heavy atom. The van der Waals surface area contributed by atoms with Crippen molar-refractivity contribution >= 4 is 11.7 Å². The topological polar surface area (TPSA) is 68.5 Å². The fourth-order valence-corrected chi connectivity index (χ4v) is 2.19. The van der Waals surface area contributed by atoms with Gasteiger partial charge in [0.2, 0.25) is 0 Å². The zero-order chi connectivity index (χ0) is 13.0. The van der Waals surface area contributed by atoms with Gasteiger partial charge in [-0.3, -0.25) is 4.79 Å². The number of ether oxygens (including phenoxy) is 1. The highest BCUT2D eigenvalue weighted by atomic mass is 16.5. The molecular formula is C13H19N3O2. The molecule has 1 amide bonds. The van der Waals surface area contributed by atoms with Gasteiger partial charge in [0.1, 0.15) is 11.5 Å². The Balaban J connectivity index is 1.95. The van der Waals surface area contributed by atoms with E-state index in [0.29, 0.717) is 24.0 Å². The van der Waals surface area contributed by atoms with Gasteiger partial charge in [0.15, 0.2) is 0 Å². The molecule has 1 aromatic rings. The predicted octanol–water partition coefficient (Wildman–Crippen LogP) is 1.16. The van der Waals surface area contributed by atoms with Crippen LogP contribution in [0.3, 0.4) is 0 Å². The maximum atomic E-state index is 12.1. The first-order valence-corrected chi connectivity index (χ1v) is 6.22. The lowest BCUT2D eigenvalue weighted by atomic mass is 10.0. The molecule has 5 heteroatoms. The first kappa shape index (κ1) is 12.8. The molecule has 2 heterocycles. The zero-order valence-corrected chi connectivity index (χ0v) is 10.6. The van der Waals surface area contributed by atoms with Crippen molar-refractivity contribution in [3.63, 3.8) is 0 Å². The van der Waals surface area contributed by atoms with Crippen LogP contribution in [0.25, 0.3) is 0 Å². The molecule has 1 aromatic heterocycles. The van der Waals surface area contributed by atoms with E-state index in [2.05, 4.69) is 4.98 Å². The number of anilines is 1. The van der Waals surface area contributed by atoms with Crippen molar-refractivity contribution in [1.29, 1.82) is 0 Å². The van der Waals surface area contributed by atoms with Crippen LogP contribution in [0.4, 0.5) is 5.82 Å². The molecule has 1 aliphatic rings. The van der Waals surface area contributed by atoms with Crippen molar-refractivity contribution in [3.8, 4) is 0 Å². The van der Waals surface area contributed by atoms with E-state index in [9.17, 15) is 4.79 Å². The Bertz CT molecular complexity index is 416. The monoisotopic (exact) mass is 249 g/mol. The first-order valence-electron chi connectivity index (χ1n) is 6.22. The maximum Gasteiger partial charge on any atom is 0.272 e. The highest BCUT2D eigenvalue weighted by Gasteiger charge is 2.20. The van der Waals surface area contributed by atoms with Crippen LogP contribution in [-0.2, 0) is 4.74 Å². The number of rotatable bonds is 3. The van der Waals surface area contributed by atoms with Gasteiger partial charge in [-0.15, -0.1) is 0 Å². The molecule has 1 aliphatic heterocycles. The second-order valence-electron chi connectivity index (χ2n) is 4.72. The third kappa shape index (κ3) is 3.20. The molecule has 1 fully saturated rings. The summed E-state index contributed by atoms with van der Waals surface area (Å²) in [6.07, 6.45) is 2.19. The van der Waals surface area contributed by atoms with E-state index in [1.165, 1.54) is 0 Å². The minimum atomic E-state index is -0.0899. The maximum absolute atomic E-state index is 12.1. The third-order valence-electron chi connectivity index (χ3n) is 3.12. The van der Waals surface area contributed by atoms with E-state index in [4.69, 9.17) is 10.5 Å². The number of nitrogen functional groups attached to an aromatic ring is 1. The highest BCUT2D eigenvalue weighted by molar-refractivity contribution is 5.92. The largest absolute Gasteiger partial charge is 0.384 e. The number of pyridine rings is 1. The minimum absolute atomic E-state index is 0.0899. The van der Waals surface area contributed by atoms with E-state index in [0.717, 1.165) is 26.1 Å². The number of nitrogens with two attached hydrogens (primary N) is 1. The van der Waals surface area contributed by atoms with Gasteiger partial charge in [0.05, 0.1) is 6.61 Å². The molecule has 1 saturated heterocycles. The normalized spacial score (nSPS) is 19.5. The van der Waals surface area contributed by atoms with Crippen LogP contribution in [0, 0.1) is 5.92 Å². The van der Waals surface area contributed by atoms with Crippen molar-refractivity contribution < 1.29 is 9.53 Å². The van der Waals surface area contributed by atoms with Crippen molar-refractivity contribution in [3.05, 3.63) is 23.9 Å². The van der Waals surface area contributed by atoms with Crippen LogP contribution < -0.4 is 5.73 Å². The van der Waals surface area contributed by atoms with Crippen LogP contribution in [0.15, 0.2) is 18.2 Å². The molecule has 2 rings (SSSR count). The van der Waals surface area contributed by atoms with Gasteiger partial charge >= 0.3 is 0 Å². The van der Waals surface area contributed by atoms with Gasteiger partial charge in [-0.25, -0.2) is 4.98 Å². The molecule has 18 heavy (non-hydrogen) atoms. The molecule has 98 valence electrons. The van der Waals surface area contributed by atoms with E-state index >= 15 is 0 Å². The molecule has 0 aromatic carbocycles. The molecular weight excluding hydrogens is 230 g/mol. The Hall–Kier alpha value is -1.62. The van der Waals surface area contributed by atoms with Crippen LogP contribution >= 0.6 is 0 Å². The summed E-state index contributed by atoms with van der Waals surface area (Å²) < 4.78 is 5.41. The number of aromatic nitrogens is 1. The van der Waals surface area contributed by atoms with Gasteiger partial charge in [-0.1, -0.05) is 6.07 Å². The summed E-state index contributed by atoms with van der Waals surface area (Å²) in [5, 5.41) is 0. The Labute approximate surface area is 107 Å². The Morgan fingerprint density at radius 2 is 2.44 bits per heavy atom. The minimum Gasteiger partial charge on any atom is -0.384 e.